The second-order valence-electron chi connectivity index (χ2n) is 10.9. The van der Waals surface area contributed by atoms with Crippen molar-refractivity contribution in [3.8, 4) is 0 Å². The average molecular weight is 528 g/mol. The maximum Gasteiger partial charge on any atom is 0.274 e. The molecule has 1 amide bonds. The number of fused-ring (bicyclic) bond motifs is 3. The number of aliphatic hydroxyl groups is 1. The fourth-order valence-corrected chi connectivity index (χ4v) is 6.39. The molecule has 0 bridgehead atoms. The number of carbonyl (C=O) groups excluding carboxylic acids is 1. The van der Waals surface area contributed by atoms with Gasteiger partial charge in [-0.1, -0.05) is 24.3 Å². The zero-order valence-electron chi connectivity index (χ0n) is 22.2. The van der Waals surface area contributed by atoms with Crippen LogP contribution < -0.4 is 10.2 Å². The molecule has 3 aliphatic rings. The maximum absolute atomic E-state index is 13.7. The van der Waals surface area contributed by atoms with Gasteiger partial charge in [0, 0.05) is 57.3 Å². The molecule has 7 rings (SSSR count). The molecule has 0 radical (unpaired) electrons. The monoisotopic (exact) mass is 527 g/mol. The molecule has 39 heavy (non-hydrogen) atoms. The molecule has 0 unspecified atom stereocenters. The van der Waals surface area contributed by atoms with Gasteiger partial charge < -0.3 is 29.4 Å². The molecule has 202 valence electrons. The van der Waals surface area contributed by atoms with Gasteiger partial charge in [0.1, 0.15) is 17.2 Å². The number of rotatable bonds is 4. The summed E-state index contributed by atoms with van der Waals surface area (Å²) < 4.78 is 9.59. The molecule has 0 aliphatic carbocycles. The summed E-state index contributed by atoms with van der Waals surface area (Å²) in [6.45, 7) is 5.19. The second kappa shape index (κ2) is 9.18. The van der Waals surface area contributed by atoms with E-state index in [1.165, 1.54) is 11.1 Å². The van der Waals surface area contributed by atoms with Crippen LogP contribution in [-0.2, 0) is 24.2 Å². The fourth-order valence-electron chi connectivity index (χ4n) is 6.39. The van der Waals surface area contributed by atoms with Gasteiger partial charge in [0.15, 0.2) is 0 Å². The van der Waals surface area contributed by atoms with Gasteiger partial charge in [-0.25, -0.2) is 9.67 Å². The maximum atomic E-state index is 13.7. The molecule has 3 aliphatic heterocycles. The second-order valence-corrected chi connectivity index (χ2v) is 10.9. The minimum atomic E-state index is -0.670. The molecular weight excluding hydrogens is 494 g/mol. The number of anilines is 2. The van der Waals surface area contributed by atoms with E-state index < -0.39 is 11.6 Å². The van der Waals surface area contributed by atoms with Gasteiger partial charge >= 0.3 is 0 Å². The summed E-state index contributed by atoms with van der Waals surface area (Å²) >= 11 is 0. The normalized spacial score (nSPS) is 23.3. The lowest BCUT2D eigenvalue weighted by atomic mass is 9.76. The number of β-amino-alcohol motifs (C(OH)–C–C–N with tert-alkyl or cyclic N) is 1. The number of nitrogens with zero attached hydrogens (tertiary/aromatic N) is 6. The highest BCUT2D eigenvalue weighted by Gasteiger charge is 2.45. The Bertz CT molecular complexity index is 1560. The molecular formula is C29H33N7O3. The molecule has 2 N–H and O–H groups in total. The lowest BCUT2D eigenvalue weighted by molar-refractivity contribution is -0.0140. The van der Waals surface area contributed by atoms with Crippen LogP contribution in [0.4, 0.5) is 11.5 Å². The molecule has 1 fully saturated rings. The van der Waals surface area contributed by atoms with Gasteiger partial charge in [0.2, 0.25) is 0 Å². The van der Waals surface area contributed by atoms with E-state index in [0.717, 1.165) is 43.1 Å². The third-order valence-electron chi connectivity index (χ3n) is 8.80. The highest BCUT2D eigenvalue weighted by molar-refractivity contribution is 5.93. The highest BCUT2D eigenvalue weighted by Crippen LogP contribution is 2.35. The topological polar surface area (TPSA) is 100 Å². The molecule has 3 aromatic heterocycles. The molecule has 1 aromatic carbocycles. The van der Waals surface area contributed by atoms with Crippen LogP contribution in [0.3, 0.4) is 0 Å². The van der Waals surface area contributed by atoms with Crippen molar-refractivity contribution in [2.24, 2.45) is 0 Å². The Kier molecular flexibility index (Phi) is 5.73. The number of imidazole rings is 1. The van der Waals surface area contributed by atoms with Gasteiger partial charge in [-0.15, -0.1) is 0 Å². The van der Waals surface area contributed by atoms with Crippen molar-refractivity contribution in [3.63, 3.8) is 0 Å². The summed E-state index contributed by atoms with van der Waals surface area (Å²) in [4.78, 5) is 22.4. The van der Waals surface area contributed by atoms with E-state index in [4.69, 9.17) is 9.72 Å². The van der Waals surface area contributed by atoms with E-state index in [1.807, 2.05) is 40.5 Å². The number of aromatic nitrogens is 4. The number of ether oxygens (including phenoxy) is 1. The number of amides is 1. The molecule has 10 nitrogen and oxygen atoms in total. The van der Waals surface area contributed by atoms with Crippen LogP contribution in [-0.4, -0.2) is 73.5 Å². The lowest BCUT2D eigenvalue weighted by Gasteiger charge is -2.48. The zero-order chi connectivity index (χ0) is 26.7. The van der Waals surface area contributed by atoms with Crippen LogP contribution in [0.25, 0.3) is 5.65 Å². The van der Waals surface area contributed by atoms with Gasteiger partial charge in [0.25, 0.3) is 5.91 Å². The van der Waals surface area contributed by atoms with Crippen LogP contribution in [0.2, 0.25) is 0 Å². The predicted octanol–water partition coefficient (Wildman–Crippen LogP) is 2.68. The van der Waals surface area contributed by atoms with Crippen molar-refractivity contribution in [2.45, 2.75) is 50.6 Å². The van der Waals surface area contributed by atoms with E-state index in [-0.39, 0.29) is 18.6 Å². The molecule has 3 atom stereocenters. The van der Waals surface area contributed by atoms with Crippen molar-refractivity contribution in [3.05, 3.63) is 77.4 Å². The SMILES string of the molecule is CO[C@H](C)c1cc(N2CCn3nccc32)cn2cc(C(=O)N3CC[C@]4(Cc5ccccc5CN4)[C@H](O)C3)nc12. The zero-order valence-corrected chi connectivity index (χ0v) is 22.2. The number of pyridine rings is 1. The van der Waals surface area contributed by atoms with Crippen LogP contribution in [0.1, 0.15) is 46.6 Å². The van der Waals surface area contributed by atoms with E-state index >= 15 is 0 Å². The smallest absolute Gasteiger partial charge is 0.274 e. The number of benzene rings is 1. The number of nitrogens with one attached hydrogen (secondary N) is 1. The van der Waals surface area contributed by atoms with Crippen molar-refractivity contribution < 1.29 is 14.6 Å². The Morgan fingerprint density at radius 3 is 2.85 bits per heavy atom. The predicted molar refractivity (Wildman–Crippen MR) is 146 cm³/mol. The van der Waals surface area contributed by atoms with Gasteiger partial charge in [-0.3, -0.25) is 4.79 Å². The summed E-state index contributed by atoms with van der Waals surface area (Å²) in [6.07, 6.45) is 6.19. The average Bonchev–Trinajstić information content (AvgIpc) is 3.69. The van der Waals surface area contributed by atoms with Crippen molar-refractivity contribution >= 4 is 23.1 Å². The first-order valence-corrected chi connectivity index (χ1v) is 13.6. The van der Waals surface area contributed by atoms with Crippen LogP contribution in [0.5, 0.6) is 0 Å². The van der Waals surface area contributed by atoms with Crippen molar-refractivity contribution in [1.82, 2.24) is 29.4 Å². The number of methoxy groups -OCH3 is 1. The standard InChI is InChI=1S/C29H33N7O3/c1-19(39-2)23-13-22(35-11-12-36-26(35)7-9-31-36)16-34-17-24(32-27(23)34)28(38)33-10-8-29(25(37)18-33)14-20-5-3-4-6-21(20)15-30-29/h3-7,9,13,16-17,19,25,30,37H,8,10-12,14-15,18H2,1-2H3/t19-,25-,29+/m1/s1. The summed E-state index contributed by atoms with van der Waals surface area (Å²) in [7, 11) is 1.68. The van der Waals surface area contributed by atoms with Crippen LogP contribution >= 0.6 is 0 Å². The van der Waals surface area contributed by atoms with Gasteiger partial charge in [-0.05, 0) is 37.0 Å². The minimum absolute atomic E-state index is 0.166. The Morgan fingerprint density at radius 2 is 2.03 bits per heavy atom. The number of carbonyl (C=O) groups is 1. The van der Waals surface area contributed by atoms with Crippen molar-refractivity contribution in [2.75, 3.05) is 31.6 Å². The highest BCUT2D eigenvalue weighted by atomic mass is 16.5. The summed E-state index contributed by atoms with van der Waals surface area (Å²) in [5, 5.41) is 19.3. The Morgan fingerprint density at radius 1 is 1.18 bits per heavy atom. The van der Waals surface area contributed by atoms with Crippen LogP contribution in [0, 0.1) is 0 Å². The fraction of sp³-hybridized carbons (Fsp3) is 0.414. The largest absolute Gasteiger partial charge is 0.389 e. The summed E-state index contributed by atoms with van der Waals surface area (Å²) in [5.74, 6) is 0.873. The van der Waals surface area contributed by atoms with Gasteiger partial charge in [-0.2, -0.15) is 5.10 Å². The molecule has 1 saturated heterocycles. The third kappa shape index (κ3) is 3.93. The number of aliphatic hydroxyl groups excluding tert-OH is 1. The third-order valence-corrected chi connectivity index (χ3v) is 8.80. The quantitative estimate of drug-likeness (QED) is 0.421. The molecule has 4 aromatic rings. The first-order valence-electron chi connectivity index (χ1n) is 13.6. The van der Waals surface area contributed by atoms with Crippen LogP contribution in [0.15, 0.2) is 55.0 Å². The first-order chi connectivity index (χ1) is 19.0. The lowest BCUT2D eigenvalue weighted by Crippen LogP contribution is -2.65. The Hall–Kier alpha value is -3.73. The first kappa shape index (κ1) is 24.3. The Balaban J connectivity index is 1.16. The van der Waals surface area contributed by atoms with Crippen molar-refractivity contribution in [1.29, 1.82) is 0 Å². The number of hydrogen-bond donors (Lipinski definition) is 2. The molecule has 1 spiro atoms. The number of likely N-dealkylation sites (tertiary alicyclic amines) is 1. The molecule has 10 heteroatoms. The Labute approximate surface area is 226 Å². The number of hydrogen-bond acceptors (Lipinski definition) is 7. The summed E-state index contributed by atoms with van der Waals surface area (Å²) in [5.41, 5.74) is 5.11. The summed E-state index contributed by atoms with van der Waals surface area (Å²) in [6, 6.07) is 12.5. The van der Waals surface area contributed by atoms with E-state index in [0.29, 0.717) is 24.3 Å². The van der Waals surface area contributed by atoms with E-state index in [9.17, 15) is 9.90 Å². The molecule has 6 heterocycles. The minimum Gasteiger partial charge on any atom is -0.389 e. The molecule has 0 saturated carbocycles. The van der Waals surface area contributed by atoms with E-state index in [2.05, 4.69) is 39.6 Å². The van der Waals surface area contributed by atoms with E-state index in [1.54, 1.807) is 18.2 Å². The number of piperidine rings is 1. The van der Waals surface area contributed by atoms with Gasteiger partial charge in [0.05, 0.1) is 36.2 Å².